The van der Waals surface area contributed by atoms with Gasteiger partial charge in [-0.15, -0.1) is 0 Å². The van der Waals surface area contributed by atoms with E-state index in [9.17, 15) is 4.79 Å². The summed E-state index contributed by atoms with van der Waals surface area (Å²) in [4.78, 5) is 12.0. The number of ketones is 1. The van der Waals surface area contributed by atoms with E-state index in [1.54, 1.807) is 6.92 Å². The highest BCUT2D eigenvalue weighted by atomic mass is 16.1. The maximum Gasteiger partial charge on any atom is 0.165 e. The third-order valence-electron chi connectivity index (χ3n) is 3.11. The number of carbonyl (C=O) groups is 1. The maximum absolute atomic E-state index is 12.0. The van der Waals surface area contributed by atoms with Crippen LogP contribution in [0.1, 0.15) is 36.8 Å². The zero-order chi connectivity index (χ0) is 10.8. The van der Waals surface area contributed by atoms with Gasteiger partial charge in [0.15, 0.2) is 5.78 Å². The lowest BCUT2D eigenvalue weighted by Crippen LogP contribution is -2.18. The Morgan fingerprint density at radius 3 is 2.87 bits per heavy atom. The largest absolute Gasteiger partial charge is 0.294 e. The highest BCUT2D eigenvalue weighted by Gasteiger charge is 2.25. The second-order valence-corrected chi connectivity index (χ2v) is 4.29. The molecule has 0 amide bonds. The van der Waals surface area contributed by atoms with Crippen molar-refractivity contribution in [3.8, 4) is 0 Å². The van der Waals surface area contributed by atoms with Gasteiger partial charge in [0, 0.05) is 5.92 Å². The zero-order valence-electron chi connectivity index (χ0n) is 9.12. The zero-order valence-corrected chi connectivity index (χ0v) is 9.12. The van der Waals surface area contributed by atoms with E-state index in [1.807, 2.05) is 12.1 Å². The quantitative estimate of drug-likeness (QED) is 0.670. The van der Waals surface area contributed by atoms with Gasteiger partial charge < -0.3 is 0 Å². The van der Waals surface area contributed by atoms with Crippen LogP contribution in [-0.4, -0.2) is 5.78 Å². The summed E-state index contributed by atoms with van der Waals surface area (Å²) in [5, 5.41) is 0. The predicted octanol–water partition coefficient (Wildman–Crippen LogP) is 3.25. The maximum atomic E-state index is 12.0. The third kappa shape index (κ3) is 1.87. The first kappa shape index (κ1) is 10.2. The third-order valence-corrected chi connectivity index (χ3v) is 3.11. The molecule has 0 spiro atoms. The van der Waals surface area contributed by atoms with Gasteiger partial charge in [-0.05, 0) is 42.9 Å². The monoisotopic (exact) mass is 200 g/mol. The van der Waals surface area contributed by atoms with Crippen molar-refractivity contribution >= 4 is 5.78 Å². The highest BCUT2D eigenvalue weighted by molar-refractivity contribution is 5.99. The lowest BCUT2D eigenvalue weighted by molar-refractivity contribution is -0.117. The van der Waals surface area contributed by atoms with Gasteiger partial charge >= 0.3 is 0 Å². The molecule has 0 saturated carbocycles. The molecule has 1 aromatic carbocycles. The molecule has 0 radical (unpaired) electrons. The van der Waals surface area contributed by atoms with Crippen LogP contribution in [0.5, 0.6) is 0 Å². The number of fused-ring (bicyclic) bond motifs is 1. The summed E-state index contributed by atoms with van der Waals surface area (Å²) >= 11 is 0. The number of hydrogen-bond donors (Lipinski definition) is 0. The molecule has 2 rings (SSSR count). The normalized spacial score (nSPS) is 19.4. The Hall–Kier alpha value is -1.37. The summed E-state index contributed by atoms with van der Waals surface area (Å²) in [6.45, 7) is 5.56. The second-order valence-electron chi connectivity index (χ2n) is 4.29. The lowest BCUT2D eigenvalue weighted by atomic mass is 9.79. The summed E-state index contributed by atoms with van der Waals surface area (Å²) < 4.78 is 0. The summed E-state index contributed by atoms with van der Waals surface area (Å²) in [7, 11) is 0. The van der Waals surface area contributed by atoms with Crippen LogP contribution in [0.25, 0.3) is 0 Å². The van der Waals surface area contributed by atoms with Crippen LogP contribution in [-0.2, 0) is 11.2 Å². The van der Waals surface area contributed by atoms with Crippen molar-refractivity contribution in [2.24, 2.45) is 0 Å². The number of allylic oxidation sites excluding steroid dienone is 1. The van der Waals surface area contributed by atoms with Crippen LogP contribution >= 0.6 is 0 Å². The number of hydrogen-bond acceptors (Lipinski definition) is 1. The minimum absolute atomic E-state index is 0.0625. The molecule has 1 heteroatoms. The van der Waals surface area contributed by atoms with Crippen molar-refractivity contribution in [2.45, 2.75) is 32.1 Å². The molecular formula is C14H16O. The molecule has 0 fully saturated rings. The van der Waals surface area contributed by atoms with Crippen molar-refractivity contribution < 1.29 is 4.79 Å². The van der Waals surface area contributed by atoms with E-state index in [-0.39, 0.29) is 11.7 Å². The summed E-state index contributed by atoms with van der Waals surface area (Å²) in [5.74, 6) is 0.273. The van der Waals surface area contributed by atoms with Gasteiger partial charge in [0.1, 0.15) is 0 Å². The molecular weight excluding hydrogens is 184 g/mol. The molecule has 0 bridgehead atoms. The minimum Gasteiger partial charge on any atom is -0.294 e. The Morgan fingerprint density at radius 1 is 1.40 bits per heavy atom. The Morgan fingerprint density at radius 2 is 2.13 bits per heavy atom. The number of benzene rings is 1. The number of carbonyl (C=O) groups excluding carboxylic acids is 1. The first-order valence-electron chi connectivity index (χ1n) is 5.47. The van der Waals surface area contributed by atoms with Crippen molar-refractivity contribution in [1.29, 1.82) is 0 Å². The highest BCUT2D eigenvalue weighted by Crippen LogP contribution is 2.33. The molecule has 1 unspecified atom stereocenters. The molecule has 0 heterocycles. The van der Waals surface area contributed by atoms with Crippen LogP contribution in [0.2, 0.25) is 0 Å². The predicted molar refractivity (Wildman–Crippen MR) is 61.9 cm³/mol. The van der Waals surface area contributed by atoms with Crippen molar-refractivity contribution in [1.82, 2.24) is 0 Å². The van der Waals surface area contributed by atoms with Crippen molar-refractivity contribution in [3.05, 3.63) is 47.5 Å². The van der Waals surface area contributed by atoms with E-state index in [0.717, 1.165) is 19.3 Å². The summed E-state index contributed by atoms with van der Waals surface area (Å²) in [5.41, 5.74) is 3.23. The molecule has 1 aliphatic carbocycles. The molecule has 0 aromatic heterocycles. The average Bonchev–Trinajstić information content (AvgIpc) is 2.27. The molecule has 0 aliphatic heterocycles. The second kappa shape index (κ2) is 4.01. The molecule has 15 heavy (non-hydrogen) atoms. The Kier molecular flexibility index (Phi) is 2.72. The van der Waals surface area contributed by atoms with Crippen LogP contribution in [0.15, 0.2) is 36.4 Å². The van der Waals surface area contributed by atoms with Gasteiger partial charge in [-0.2, -0.15) is 0 Å². The smallest absolute Gasteiger partial charge is 0.165 e. The van der Waals surface area contributed by atoms with Crippen LogP contribution in [0.4, 0.5) is 0 Å². The fraction of sp³-hybridized carbons (Fsp3) is 0.357. The van der Waals surface area contributed by atoms with Gasteiger partial charge in [-0.25, -0.2) is 0 Å². The molecule has 1 nitrogen and oxygen atoms in total. The molecule has 1 aliphatic rings. The van der Waals surface area contributed by atoms with Gasteiger partial charge in [-0.3, -0.25) is 4.79 Å². The molecule has 1 aromatic rings. The Balaban J connectivity index is 2.38. The fourth-order valence-electron chi connectivity index (χ4n) is 2.32. The average molecular weight is 200 g/mol. The van der Waals surface area contributed by atoms with E-state index >= 15 is 0 Å². The van der Waals surface area contributed by atoms with Gasteiger partial charge in [0.25, 0.3) is 0 Å². The number of rotatable bonds is 2. The first-order valence-corrected chi connectivity index (χ1v) is 5.47. The van der Waals surface area contributed by atoms with Gasteiger partial charge in [0.2, 0.25) is 0 Å². The van der Waals surface area contributed by atoms with E-state index in [4.69, 9.17) is 0 Å². The molecule has 1 atom stereocenters. The van der Waals surface area contributed by atoms with Crippen LogP contribution < -0.4 is 0 Å². The van der Waals surface area contributed by atoms with Crippen molar-refractivity contribution in [3.63, 3.8) is 0 Å². The lowest BCUT2D eigenvalue weighted by Gasteiger charge is -2.24. The fourth-order valence-corrected chi connectivity index (χ4v) is 2.32. The topological polar surface area (TPSA) is 17.1 Å². The number of aryl methyl sites for hydroxylation is 1. The van der Waals surface area contributed by atoms with E-state index in [0.29, 0.717) is 5.57 Å². The summed E-state index contributed by atoms with van der Waals surface area (Å²) in [6, 6.07) is 8.28. The standard InChI is InChI=1S/C14H16O/c1-10(2)14(15)13-9-5-7-11-6-3-4-8-12(11)13/h3-4,6,8,13H,1,5,7,9H2,2H3. The van der Waals surface area contributed by atoms with E-state index < -0.39 is 0 Å². The molecule has 0 N–H and O–H groups in total. The first-order chi connectivity index (χ1) is 7.20. The van der Waals surface area contributed by atoms with Crippen molar-refractivity contribution in [2.75, 3.05) is 0 Å². The minimum atomic E-state index is 0.0625. The van der Waals surface area contributed by atoms with Crippen LogP contribution in [0, 0.1) is 0 Å². The van der Waals surface area contributed by atoms with Gasteiger partial charge in [0.05, 0.1) is 0 Å². The Labute approximate surface area is 90.8 Å². The van der Waals surface area contributed by atoms with Crippen LogP contribution in [0.3, 0.4) is 0 Å². The molecule has 0 saturated heterocycles. The summed E-state index contributed by atoms with van der Waals surface area (Å²) in [6.07, 6.45) is 3.19. The SMILES string of the molecule is C=C(C)C(=O)C1CCCc2ccccc21. The number of Topliss-reactive ketones (excluding diaryl/α,β-unsaturated/α-hetero) is 1. The van der Waals surface area contributed by atoms with E-state index in [1.165, 1.54) is 11.1 Å². The van der Waals surface area contributed by atoms with Gasteiger partial charge in [-0.1, -0.05) is 30.8 Å². The Bertz CT molecular complexity index is 404. The van der Waals surface area contributed by atoms with E-state index in [2.05, 4.69) is 18.7 Å². The molecule has 78 valence electrons.